The molecule has 1 saturated heterocycles. The number of amides is 2. The van der Waals surface area contributed by atoms with Gasteiger partial charge in [0, 0.05) is 23.2 Å². The number of non-ortho nitro benzene ring substituents is 1. The first kappa shape index (κ1) is 20.6. The number of nitro benzene ring substituents is 1. The Morgan fingerprint density at radius 2 is 1.78 bits per heavy atom. The van der Waals surface area contributed by atoms with E-state index in [2.05, 4.69) is 43.6 Å². The van der Waals surface area contributed by atoms with Crippen LogP contribution in [0, 0.1) is 10.1 Å². The van der Waals surface area contributed by atoms with Crippen LogP contribution in [0.1, 0.15) is 40.5 Å². The van der Waals surface area contributed by atoms with Crippen LogP contribution < -0.4 is 20.7 Å². The molecule has 1 aromatic rings. The molecule has 0 atom stereocenters. The fourth-order valence-electron chi connectivity index (χ4n) is 3.75. The summed E-state index contributed by atoms with van der Waals surface area (Å²) < 4.78 is 5.06. The molecule has 0 saturated carbocycles. The summed E-state index contributed by atoms with van der Waals surface area (Å²) in [7, 11) is 1.33. The van der Waals surface area contributed by atoms with Crippen molar-refractivity contribution in [3.63, 3.8) is 0 Å². The number of methoxy groups -OCH3 is 1. The molecule has 1 aliphatic heterocycles. The minimum absolute atomic E-state index is 0.106. The Balaban J connectivity index is 2.06. The summed E-state index contributed by atoms with van der Waals surface area (Å²) in [5, 5.41) is 19.6. The van der Waals surface area contributed by atoms with Gasteiger partial charge in [-0.1, -0.05) is 0 Å². The fraction of sp³-hybridized carbons (Fsp3) is 0.556. The number of benzene rings is 1. The molecule has 27 heavy (non-hydrogen) atoms. The Morgan fingerprint density at radius 1 is 1.19 bits per heavy atom. The summed E-state index contributed by atoms with van der Waals surface area (Å²) in [6.45, 7) is 8.20. The van der Waals surface area contributed by atoms with Gasteiger partial charge in [-0.25, -0.2) is 0 Å². The molecule has 1 heterocycles. The molecular formula is C18H26N4O5. The zero-order chi connectivity index (χ0) is 20.4. The number of nitrogens with zero attached hydrogens (tertiary/aromatic N) is 1. The normalized spacial score (nSPS) is 18.4. The molecule has 0 bridgehead atoms. The lowest BCUT2D eigenvalue weighted by Crippen LogP contribution is -2.62. The van der Waals surface area contributed by atoms with Crippen LogP contribution in [0.3, 0.4) is 0 Å². The molecule has 148 valence electrons. The fourth-order valence-corrected chi connectivity index (χ4v) is 3.75. The predicted octanol–water partition coefficient (Wildman–Crippen LogP) is 1.97. The van der Waals surface area contributed by atoms with E-state index in [9.17, 15) is 19.7 Å². The van der Waals surface area contributed by atoms with E-state index in [1.807, 2.05) is 0 Å². The van der Waals surface area contributed by atoms with E-state index >= 15 is 0 Å². The highest BCUT2D eigenvalue weighted by atomic mass is 16.6. The number of hydrogen-bond donors (Lipinski definition) is 3. The Bertz CT molecular complexity index is 744. The molecule has 2 amide bonds. The second kappa shape index (κ2) is 7.51. The zero-order valence-electron chi connectivity index (χ0n) is 16.2. The van der Waals surface area contributed by atoms with Crippen LogP contribution in [0.15, 0.2) is 18.2 Å². The smallest absolute Gasteiger partial charge is 0.313 e. The van der Waals surface area contributed by atoms with Crippen LogP contribution in [0.4, 0.5) is 11.4 Å². The summed E-state index contributed by atoms with van der Waals surface area (Å²) in [5.74, 6) is -1.50. The van der Waals surface area contributed by atoms with Gasteiger partial charge in [-0.3, -0.25) is 19.7 Å². The Kier molecular flexibility index (Phi) is 5.74. The van der Waals surface area contributed by atoms with Gasteiger partial charge in [0.25, 0.3) is 5.69 Å². The lowest BCUT2D eigenvalue weighted by molar-refractivity contribution is -0.384. The highest BCUT2D eigenvalue weighted by Crippen LogP contribution is 2.30. The number of rotatable bonds is 4. The molecule has 3 N–H and O–H groups in total. The standard InChI is InChI=1S/C18H26N4O5/c1-17(2)9-11(10-18(3,4)21-17)19-15(23)16(24)20-13-7-6-12(22(25)26)8-14(13)27-5/h6-8,11,21H,9-10H2,1-5H3,(H,19,23)(H,20,24). The van der Waals surface area contributed by atoms with Crippen molar-refractivity contribution in [1.29, 1.82) is 0 Å². The third kappa shape index (κ3) is 5.40. The van der Waals surface area contributed by atoms with Gasteiger partial charge >= 0.3 is 11.8 Å². The maximum Gasteiger partial charge on any atom is 0.313 e. The van der Waals surface area contributed by atoms with Gasteiger partial charge in [0.1, 0.15) is 5.75 Å². The quantitative estimate of drug-likeness (QED) is 0.418. The van der Waals surface area contributed by atoms with Crippen molar-refractivity contribution in [1.82, 2.24) is 10.6 Å². The molecule has 0 spiro atoms. The monoisotopic (exact) mass is 378 g/mol. The summed E-state index contributed by atoms with van der Waals surface area (Å²) in [6.07, 6.45) is 1.38. The van der Waals surface area contributed by atoms with Crippen molar-refractivity contribution in [2.75, 3.05) is 12.4 Å². The van der Waals surface area contributed by atoms with Crippen LogP contribution >= 0.6 is 0 Å². The maximum absolute atomic E-state index is 12.3. The third-order valence-electron chi connectivity index (χ3n) is 4.38. The van der Waals surface area contributed by atoms with E-state index < -0.39 is 16.7 Å². The number of hydrogen-bond acceptors (Lipinski definition) is 6. The summed E-state index contributed by atoms with van der Waals surface area (Å²) in [5.41, 5.74) is -0.321. The van der Waals surface area contributed by atoms with Crippen molar-refractivity contribution in [2.45, 2.75) is 57.7 Å². The molecular weight excluding hydrogens is 352 g/mol. The maximum atomic E-state index is 12.3. The van der Waals surface area contributed by atoms with E-state index in [1.165, 1.54) is 25.3 Å². The van der Waals surface area contributed by atoms with Gasteiger partial charge in [-0.2, -0.15) is 0 Å². The van der Waals surface area contributed by atoms with E-state index in [-0.39, 0.29) is 34.2 Å². The SMILES string of the molecule is COc1cc([N+](=O)[O-])ccc1NC(=O)C(=O)NC1CC(C)(C)NC(C)(C)C1. The van der Waals surface area contributed by atoms with E-state index in [1.54, 1.807) is 0 Å². The first-order valence-electron chi connectivity index (χ1n) is 8.66. The highest BCUT2D eigenvalue weighted by Gasteiger charge is 2.38. The topological polar surface area (TPSA) is 123 Å². The van der Waals surface area contributed by atoms with E-state index in [0.717, 1.165) is 0 Å². The molecule has 9 nitrogen and oxygen atoms in total. The lowest BCUT2D eigenvalue weighted by atomic mass is 9.79. The van der Waals surface area contributed by atoms with Gasteiger partial charge in [0.05, 0.1) is 23.8 Å². The largest absolute Gasteiger partial charge is 0.494 e. The summed E-state index contributed by atoms with van der Waals surface area (Å²) in [4.78, 5) is 34.9. The molecule has 1 aromatic carbocycles. The number of carbonyl (C=O) groups is 2. The van der Waals surface area contributed by atoms with Gasteiger partial charge in [-0.15, -0.1) is 0 Å². The second-order valence-electron chi connectivity index (χ2n) is 8.07. The van der Waals surface area contributed by atoms with Gasteiger partial charge in [-0.05, 0) is 46.6 Å². The number of ether oxygens (including phenoxy) is 1. The van der Waals surface area contributed by atoms with Crippen molar-refractivity contribution in [3.8, 4) is 5.75 Å². The van der Waals surface area contributed by atoms with Crippen molar-refractivity contribution >= 4 is 23.2 Å². The average molecular weight is 378 g/mol. The molecule has 0 unspecified atom stereocenters. The lowest BCUT2D eigenvalue weighted by Gasteiger charge is -2.46. The van der Waals surface area contributed by atoms with Crippen LogP contribution in [0.25, 0.3) is 0 Å². The zero-order valence-corrected chi connectivity index (χ0v) is 16.2. The molecule has 0 aromatic heterocycles. The Morgan fingerprint density at radius 3 is 2.30 bits per heavy atom. The van der Waals surface area contributed by atoms with Crippen molar-refractivity contribution < 1.29 is 19.2 Å². The van der Waals surface area contributed by atoms with E-state index in [4.69, 9.17) is 4.74 Å². The van der Waals surface area contributed by atoms with Crippen molar-refractivity contribution in [2.24, 2.45) is 0 Å². The molecule has 9 heteroatoms. The predicted molar refractivity (Wildman–Crippen MR) is 101 cm³/mol. The van der Waals surface area contributed by atoms with Crippen LogP contribution in [0.2, 0.25) is 0 Å². The second-order valence-corrected chi connectivity index (χ2v) is 8.07. The molecule has 1 fully saturated rings. The Labute approximate surface area is 158 Å². The van der Waals surface area contributed by atoms with E-state index in [0.29, 0.717) is 12.8 Å². The molecule has 0 radical (unpaired) electrons. The van der Waals surface area contributed by atoms with Crippen LogP contribution in [0.5, 0.6) is 5.75 Å². The third-order valence-corrected chi connectivity index (χ3v) is 4.38. The van der Waals surface area contributed by atoms with Gasteiger partial charge in [0.2, 0.25) is 0 Å². The number of carbonyl (C=O) groups excluding carboxylic acids is 2. The number of anilines is 1. The first-order chi connectivity index (χ1) is 12.4. The summed E-state index contributed by atoms with van der Waals surface area (Å²) in [6, 6.07) is 3.60. The minimum atomic E-state index is -0.851. The van der Waals surface area contributed by atoms with Crippen LogP contribution in [-0.2, 0) is 9.59 Å². The summed E-state index contributed by atoms with van der Waals surface area (Å²) >= 11 is 0. The Hall–Kier alpha value is -2.68. The first-order valence-corrected chi connectivity index (χ1v) is 8.66. The average Bonchev–Trinajstić information content (AvgIpc) is 2.51. The molecule has 1 aliphatic rings. The number of nitro groups is 1. The molecule has 0 aliphatic carbocycles. The minimum Gasteiger partial charge on any atom is -0.494 e. The number of piperidine rings is 1. The van der Waals surface area contributed by atoms with Crippen LogP contribution in [-0.4, -0.2) is 41.0 Å². The molecule has 2 rings (SSSR count). The highest BCUT2D eigenvalue weighted by molar-refractivity contribution is 6.39. The van der Waals surface area contributed by atoms with Gasteiger partial charge in [0.15, 0.2) is 0 Å². The number of nitrogens with one attached hydrogen (secondary N) is 3. The van der Waals surface area contributed by atoms with Crippen molar-refractivity contribution in [3.05, 3.63) is 28.3 Å². The van der Waals surface area contributed by atoms with Gasteiger partial charge < -0.3 is 20.7 Å².